The molecule has 0 heterocycles. The molecule has 2 rings (SSSR count). The van der Waals surface area contributed by atoms with Gasteiger partial charge < -0.3 is 10.4 Å². The first-order chi connectivity index (χ1) is 7.08. The van der Waals surface area contributed by atoms with Crippen molar-refractivity contribution in [1.29, 1.82) is 0 Å². The summed E-state index contributed by atoms with van der Waals surface area (Å²) >= 11 is 0. The van der Waals surface area contributed by atoms with Crippen LogP contribution in [0.5, 0.6) is 0 Å². The first-order valence-corrected chi connectivity index (χ1v) is 6.49. The lowest BCUT2D eigenvalue weighted by Gasteiger charge is -2.16. The third kappa shape index (κ3) is 3.18. The van der Waals surface area contributed by atoms with Gasteiger partial charge in [0.2, 0.25) is 0 Å². The molecule has 0 saturated heterocycles. The number of aliphatic hydroxyl groups is 1. The third-order valence-corrected chi connectivity index (χ3v) is 4.19. The van der Waals surface area contributed by atoms with E-state index in [0.29, 0.717) is 11.5 Å². The van der Waals surface area contributed by atoms with Gasteiger partial charge in [-0.25, -0.2) is 0 Å². The maximum absolute atomic E-state index is 9.89. The molecule has 2 aliphatic rings. The molecule has 0 radical (unpaired) electrons. The van der Waals surface area contributed by atoms with E-state index in [9.17, 15) is 5.11 Å². The summed E-state index contributed by atoms with van der Waals surface area (Å²) in [6.07, 6.45) is 7.59. The zero-order chi connectivity index (χ0) is 10.9. The summed E-state index contributed by atoms with van der Waals surface area (Å²) in [7, 11) is 0. The van der Waals surface area contributed by atoms with E-state index in [4.69, 9.17) is 0 Å². The second-order valence-corrected chi connectivity index (χ2v) is 6.19. The van der Waals surface area contributed by atoms with Crippen LogP contribution in [0.25, 0.3) is 0 Å². The molecule has 2 saturated carbocycles. The summed E-state index contributed by atoms with van der Waals surface area (Å²) in [5, 5.41) is 13.4. The van der Waals surface area contributed by atoms with Gasteiger partial charge >= 0.3 is 0 Å². The SMILES string of the molecule is CC1(C)CC1NCC(O)CC1CCCC1. The van der Waals surface area contributed by atoms with Crippen LogP contribution in [-0.2, 0) is 0 Å². The molecule has 2 fully saturated rings. The maximum atomic E-state index is 9.89. The van der Waals surface area contributed by atoms with Crippen molar-refractivity contribution in [2.75, 3.05) is 6.54 Å². The van der Waals surface area contributed by atoms with Crippen LogP contribution in [0.4, 0.5) is 0 Å². The summed E-state index contributed by atoms with van der Waals surface area (Å²) in [6, 6.07) is 0.649. The Kier molecular flexibility index (Phi) is 3.36. The maximum Gasteiger partial charge on any atom is 0.0667 e. The quantitative estimate of drug-likeness (QED) is 0.731. The molecule has 0 amide bonds. The zero-order valence-electron chi connectivity index (χ0n) is 10.1. The lowest BCUT2D eigenvalue weighted by molar-refractivity contribution is 0.139. The van der Waals surface area contributed by atoms with Crippen molar-refractivity contribution in [2.45, 2.75) is 64.5 Å². The predicted octanol–water partition coefficient (Wildman–Crippen LogP) is 2.32. The van der Waals surface area contributed by atoms with Gasteiger partial charge in [0.25, 0.3) is 0 Å². The summed E-state index contributed by atoms with van der Waals surface area (Å²) in [4.78, 5) is 0. The van der Waals surface area contributed by atoms with Crippen molar-refractivity contribution in [3.8, 4) is 0 Å². The van der Waals surface area contributed by atoms with E-state index in [1.54, 1.807) is 0 Å². The van der Waals surface area contributed by atoms with E-state index in [2.05, 4.69) is 19.2 Å². The topological polar surface area (TPSA) is 32.3 Å². The molecule has 88 valence electrons. The Morgan fingerprint density at radius 3 is 2.47 bits per heavy atom. The van der Waals surface area contributed by atoms with Gasteiger partial charge in [-0.3, -0.25) is 0 Å². The average Bonchev–Trinajstić information content (AvgIpc) is 2.62. The Morgan fingerprint density at radius 1 is 1.33 bits per heavy atom. The van der Waals surface area contributed by atoms with Gasteiger partial charge in [-0.05, 0) is 24.2 Å². The Hall–Kier alpha value is -0.0800. The number of rotatable bonds is 5. The molecule has 0 aromatic carbocycles. The molecule has 2 unspecified atom stereocenters. The van der Waals surface area contributed by atoms with Gasteiger partial charge in [-0.2, -0.15) is 0 Å². The fourth-order valence-electron chi connectivity index (χ4n) is 2.81. The van der Waals surface area contributed by atoms with Crippen molar-refractivity contribution in [1.82, 2.24) is 5.32 Å². The molecule has 2 N–H and O–H groups in total. The second-order valence-electron chi connectivity index (χ2n) is 6.19. The smallest absolute Gasteiger partial charge is 0.0667 e. The van der Waals surface area contributed by atoms with Gasteiger partial charge in [0.1, 0.15) is 0 Å². The minimum absolute atomic E-state index is 0.121. The fraction of sp³-hybridized carbons (Fsp3) is 1.00. The molecule has 2 heteroatoms. The molecule has 2 nitrogen and oxygen atoms in total. The lowest BCUT2D eigenvalue weighted by Crippen LogP contribution is -2.31. The highest BCUT2D eigenvalue weighted by Gasteiger charge is 2.45. The van der Waals surface area contributed by atoms with Gasteiger partial charge in [0.15, 0.2) is 0 Å². The number of hydrogen-bond acceptors (Lipinski definition) is 2. The number of hydrogen-bond donors (Lipinski definition) is 2. The predicted molar refractivity (Wildman–Crippen MR) is 62.8 cm³/mol. The molecule has 15 heavy (non-hydrogen) atoms. The van der Waals surface area contributed by atoms with Gasteiger partial charge in [-0.1, -0.05) is 39.5 Å². The normalized spacial score (nSPS) is 31.8. The molecule has 0 aromatic rings. The van der Waals surface area contributed by atoms with Crippen LogP contribution in [0.15, 0.2) is 0 Å². The van der Waals surface area contributed by atoms with E-state index in [-0.39, 0.29) is 6.10 Å². The Morgan fingerprint density at radius 2 is 1.93 bits per heavy atom. The molecule has 0 spiro atoms. The second kappa shape index (κ2) is 4.42. The van der Waals surface area contributed by atoms with E-state index in [1.165, 1.54) is 32.1 Å². The number of nitrogens with one attached hydrogen (secondary N) is 1. The van der Waals surface area contributed by atoms with Crippen molar-refractivity contribution >= 4 is 0 Å². The Labute approximate surface area is 93.5 Å². The molecule has 0 aromatic heterocycles. The first-order valence-electron chi connectivity index (χ1n) is 6.49. The highest BCUT2D eigenvalue weighted by atomic mass is 16.3. The third-order valence-electron chi connectivity index (χ3n) is 4.19. The van der Waals surface area contributed by atoms with E-state index in [0.717, 1.165) is 18.9 Å². The van der Waals surface area contributed by atoms with Crippen LogP contribution in [0, 0.1) is 11.3 Å². The van der Waals surface area contributed by atoms with Crippen molar-refractivity contribution in [2.24, 2.45) is 11.3 Å². The fourth-order valence-corrected chi connectivity index (χ4v) is 2.81. The van der Waals surface area contributed by atoms with E-state index < -0.39 is 0 Å². The zero-order valence-corrected chi connectivity index (χ0v) is 10.1. The molecular formula is C13H25NO. The largest absolute Gasteiger partial charge is 0.392 e. The highest BCUT2D eigenvalue weighted by molar-refractivity contribution is 5.01. The molecule has 0 aliphatic heterocycles. The highest BCUT2D eigenvalue weighted by Crippen LogP contribution is 2.44. The number of aliphatic hydroxyl groups excluding tert-OH is 1. The summed E-state index contributed by atoms with van der Waals surface area (Å²) in [5.41, 5.74) is 0.479. The Bertz CT molecular complexity index is 209. The van der Waals surface area contributed by atoms with Crippen LogP contribution in [-0.4, -0.2) is 23.8 Å². The minimum Gasteiger partial charge on any atom is -0.392 e. The van der Waals surface area contributed by atoms with Gasteiger partial charge in [-0.15, -0.1) is 0 Å². The lowest BCUT2D eigenvalue weighted by atomic mass is 10.00. The molecular weight excluding hydrogens is 186 g/mol. The molecule has 2 aliphatic carbocycles. The monoisotopic (exact) mass is 211 g/mol. The summed E-state index contributed by atoms with van der Waals surface area (Å²) in [6.45, 7) is 5.37. The molecule has 2 atom stereocenters. The van der Waals surface area contributed by atoms with E-state index >= 15 is 0 Å². The summed E-state index contributed by atoms with van der Waals surface area (Å²) < 4.78 is 0. The standard InChI is InChI=1S/C13H25NO/c1-13(2)8-12(13)14-9-11(15)7-10-5-3-4-6-10/h10-12,14-15H,3-9H2,1-2H3. The van der Waals surface area contributed by atoms with E-state index in [1.807, 2.05) is 0 Å². The van der Waals surface area contributed by atoms with Crippen LogP contribution in [0.2, 0.25) is 0 Å². The van der Waals surface area contributed by atoms with Crippen LogP contribution >= 0.6 is 0 Å². The van der Waals surface area contributed by atoms with Crippen molar-refractivity contribution < 1.29 is 5.11 Å². The van der Waals surface area contributed by atoms with Crippen LogP contribution < -0.4 is 5.32 Å². The average molecular weight is 211 g/mol. The summed E-state index contributed by atoms with van der Waals surface area (Å²) in [5.74, 6) is 0.800. The van der Waals surface area contributed by atoms with Gasteiger partial charge in [0, 0.05) is 12.6 Å². The van der Waals surface area contributed by atoms with Crippen molar-refractivity contribution in [3.05, 3.63) is 0 Å². The first kappa shape index (κ1) is 11.4. The van der Waals surface area contributed by atoms with Crippen molar-refractivity contribution in [3.63, 3.8) is 0 Å². The van der Waals surface area contributed by atoms with Gasteiger partial charge in [0.05, 0.1) is 6.10 Å². The minimum atomic E-state index is -0.121. The molecule has 0 bridgehead atoms. The Balaban J connectivity index is 1.58. The van der Waals surface area contributed by atoms with Crippen LogP contribution in [0.3, 0.4) is 0 Å². The van der Waals surface area contributed by atoms with Crippen LogP contribution in [0.1, 0.15) is 52.4 Å².